The Hall–Kier alpha value is -1.20. The molecule has 2 heterocycles. The molecule has 1 aliphatic heterocycles. The summed E-state index contributed by atoms with van der Waals surface area (Å²) < 4.78 is 5.41. The van der Waals surface area contributed by atoms with Crippen molar-refractivity contribution in [1.29, 1.82) is 0 Å². The lowest BCUT2D eigenvalue weighted by atomic mass is 10.00. The second-order valence-corrected chi connectivity index (χ2v) is 5.48. The van der Waals surface area contributed by atoms with Gasteiger partial charge in [0.1, 0.15) is 5.82 Å². The molecule has 112 valence electrons. The molecule has 0 amide bonds. The van der Waals surface area contributed by atoms with Crippen LogP contribution >= 0.6 is 0 Å². The standard InChI is InChI=1S/C15H26N4O/c1-3-6-16-9-14-10-17-11-15(18-14)19(2)12-13-4-7-20-8-5-13/h10-11,13,16H,3-9,12H2,1-2H3. The molecule has 20 heavy (non-hydrogen) atoms. The van der Waals surface area contributed by atoms with E-state index in [1.807, 2.05) is 12.4 Å². The van der Waals surface area contributed by atoms with Crippen LogP contribution in [0, 0.1) is 5.92 Å². The van der Waals surface area contributed by atoms with Crippen molar-refractivity contribution in [3.63, 3.8) is 0 Å². The van der Waals surface area contributed by atoms with Crippen molar-refractivity contribution in [2.75, 3.05) is 38.3 Å². The van der Waals surface area contributed by atoms with Gasteiger partial charge in [0.05, 0.1) is 11.9 Å². The minimum atomic E-state index is 0.706. The number of hydrogen-bond acceptors (Lipinski definition) is 5. The van der Waals surface area contributed by atoms with Crippen LogP contribution in [-0.4, -0.2) is 43.3 Å². The Balaban J connectivity index is 1.88. The van der Waals surface area contributed by atoms with Crippen LogP contribution in [0.25, 0.3) is 0 Å². The summed E-state index contributed by atoms with van der Waals surface area (Å²) in [5.41, 5.74) is 1.01. The lowest BCUT2D eigenvalue weighted by Gasteiger charge is -2.27. The van der Waals surface area contributed by atoms with Crippen LogP contribution in [0.2, 0.25) is 0 Å². The molecule has 0 radical (unpaired) electrons. The molecular formula is C15H26N4O. The Morgan fingerprint density at radius 1 is 1.35 bits per heavy atom. The Kier molecular flexibility index (Phi) is 6.21. The van der Waals surface area contributed by atoms with Crippen LogP contribution in [0.4, 0.5) is 5.82 Å². The van der Waals surface area contributed by atoms with Gasteiger partial charge in [-0.25, -0.2) is 4.98 Å². The third-order valence-electron chi connectivity index (χ3n) is 3.67. The Labute approximate surface area is 121 Å². The van der Waals surface area contributed by atoms with Crippen LogP contribution in [0.15, 0.2) is 12.4 Å². The second kappa shape index (κ2) is 8.17. The van der Waals surface area contributed by atoms with Gasteiger partial charge in [-0.2, -0.15) is 0 Å². The van der Waals surface area contributed by atoms with E-state index in [1.165, 1.54) is 0 Å². The zero-order valence-corrected chi connectivity index (χ0v) is 12.6. The zero-order chi connectivity index (χ0) is 14.2. The fraction of sp³-hybridized carbons (Fsp3) is 0.733. The highest BCUT2D eigenvalue weighted by Gasteiger charge is 2.16. The molecule has 1 fully saturated rings. The van der Waals surface area contributed by atoms with Gasteiger partial charge in [-0.05, 0) is 31.7 Å². The number of rotatable bonds is 7. The average Bonchev–Trinajstić information content (AvgIpc) is 2.49. The van der Waals surface area contributed by atoms with Crippen LogP contribution in [0.1, 0.15) is 31.9 Å². The molecule has 0 atom stereocenters. The van der Waals surface area contributed by atoms with Crippen LogP contribution in [-0.2, 0) is 11.3 Å². The molecule has 0 spiro atoms. The van der Waals surface area contributed by atoms with Crippen LogP contribution in [0.5, 0.6) is 0 Å². The van der Waals surface area contributed by atoms with Gasteiger partial charge in [-0.3, -0.25) is 4.98 Å². The molecule has 5 nitrogen and oxygen atoms in total. The van der Waals surface area contributed by atoms with E-state index < -0.39 is 0 Å². The molecule has 2 rings (SSSR count). The molecule has 1 aromatic heterocycles. The van der Waals surface area contributed by atoms with E-state index in [1.54, 1.807) is 0 Å². The first-order chi connectivity index (χ1) is 9.79. The summed E-state index contributed by atoms with van der Waals surface area (Å²) in [5.74, 6) is 1.67. The Bertz CT molecular complexity index is 393. The first-order valence-electron chi connectivity index (χ1n) is 7.60. The third-order valence-corrected chi connectivity index (χ3v) is 3.67. The predicted octanol–water partition coefficient (Wildman–Crippen LogP) is 1.84. The van der Waals surface area contributed by atoms with E-state index in [9.17, 15) is 0 Å². The van der Waals surface area contributed by atoms with E-state index in [-0.39, 0.29) is 0 Å². The summed E-state index contributed by atoms with van der Waals surface area (Å²) in [7, 11) is 2.10. The van der Waals surface area contributed by atoms with Crippen molar-refractivity contribution in [1.82, 2.24) is 15.3 Å². The van der Waals surface area contributed by atoms with E-state index >= 15 is 0 Å². The Morgan fingerprint density at radius 3 is 2.90 bits per heavy atom. The zero-order valence-electron chi connectivity index (χ0n) is 12.6. The van der Waals surface area contributed by atoms with Crippen LogP contribution < -0.4 is 10.2 Å². The molecule has 0 saturated carbocycles. The maximum atomic E-state index is 5.41. The predicted molar refractivity (Wildman–Crippen MR) is 80.8 cm³/mol. The van der Waals surface area contributed by atoms with Gasteiger partial charge in [0, 0.05) is 39.5 Å². The van der Waals surface area contributed by atoms with Crippen molar-refractivity contribution >= 4 is 5.82 Å². The highest BCUT2D eigenvalue weighted by atomic mass is 16.5. The third kappa shape index (κ3) is 4.72. The lowest BCUT2D eigenvalue weighted by Crippen LogP contribution is -2.30. The first kappa shape index (κ1) is 15.2. The smallest absolute Gasteiger partial charge is 0.147 e. The molecular weight excluding hydrogens is 252 g/mol. The summed E-state index contributed by atoms with van der Waals surface area (Å²) in [5, 5.41) is 3.36. The number of anilines is 1. The van der Waals surface area contributed by atoms with Gasteiger partial charge < -0.3 is 15.0 Å². The average molecular weight is 278 g/mol. The maximum Gasteiger partial charge on any atom is 0.147 e. The van der Waals surface area contributed by atoms with Gasteiger partial charge in [-0.15, -0.1) is 0 Å². The van der Waals surface area contributed by atoms with E-state index in [0.717, 1.165) is 63.6 Å². The van der Waals surface area contributed by atoms with Gasteiger partial charge in [-0.1, -0.05) is 6.92 Å². The summed E-state index contributed by atoms with van der Waals surface area (Å²) in [6.07, 6.45) is 7.12. The molecule has 0 aromatic carbocycles. The van der Waals surface area contributed by atoms with Crippen molar-refractivity contribution in [2.24, 2.45) is 5.92 Å². The molecule has 0 unspecified atom stereocenters. The van der Waals surface area contributed by atoms with E-state index in [4.69, 9.17) is 4.74 Å². The van der Waals surface area contributed by atoms with Crippen LogP contribution in [0.3, 0.4) is 0 Å². The fourth-order valence-electron chi connectivity index (χ4n) is 2.47. The number of nitrogens with one attached hydrogen (secondary N) is 1. The molecule has 1 aromatic rings. The Morgan fingerprint density at radius 2 is 2.15 bits per heavy atom. The summed E-state index contributed by atoms with van der Waals surface area (Å²) in [4.78, 5) is 11.2. The summed E-state index contributed by atoms with van der Waals surface area (Å²) >= 11 is 0. The molecule has 1 aliphatic rings. The minimum Gasteiger partial charge on any atom is -0.381 e. The van der Waals surface area contributed by atoms with E-state index in [2.05, 4.69) is 34.2 Å². The van der Waals surface area contributed by atoms with E-state index in [0.29, 0.717) is 5.92 Å². The fourth-order valence-corrected chi connectivity index (χ4v) is 2.47. The first-order valence-corrected chi connectivity index (χ1v) is 7.60. The van der Waals surface area contributed by atoms with Crippen molar-refractivity contribution in [3.05, 3.63) is 18.1 Å². The van der Waals surface area contributed by atoms with Gasteiger partial charge in [0.15, 0.2) is 0 Å². The number of aromatic nitrogens is 2. The molecule has 0 bridgehead atoms. The topological polar surface area (TPSA) is 50.3 Å². The minimum absolute atomic E-state index is 0.706. The molecule has 1 N–H and O–H groups in total. The monoisotopic (exact) mass is 278 g/mol. The quantitative estimate of drug-likeness (QED) is 0.771. The second-order valence-electron chi connectivity index (χ2n) is 5.48. The molecule has 5 heteroatoms. The highest BCUT2D eigenvalue weighted by molar-refractivity contribution is 5.35. The highest BCUT2D eigenvalue weighted by Crippen LogP contribution is 2.18. The number of ether oxygens (including phenoxy) is 1. The van der Waals surface area contributed by atoms with Crippen molar-refractivity contribution < 1.29 is 4.74 Å². The van der Waals surface area contributed by atoms with Gasteiger partial charge in [0.2, 0.25) is 0 Å². The number of nitrogens with zero attached hydrogens (tertiary/aromatic N) is 3. The normalized spacial score (nSPS) is 16.3. The summed E-state index contributed by atoms with van der Waals surface area (Å²) in [6, 6.07) is 0. The lowest BCUT2D eigenvalue weighted by molar-refractivity contribution is 0.0685. The SMILES string of the molecule is CCCNCc1cncc(N(C)CC2CCOCC2)n1. The van der Waals surface area contributed by atoms with Gasteiger partial charge in [0.25, 0.3) is 0 Å². The van der Waals surface area contributed by atoms with Crippen molar-refractivity contribution in [2.45, 2.75) is 32.7 Å². The molecule has 1 saturated heterocycles. The van der Waals surface area contributed by atoms with Gasteiger partial charge >= 0.3 is 0 Å². The number of hydrogen-bond donors (Lipinski definition) is 1. The van der Waals surface area contributed by atoms with Crippen molar-refractivity contribution in [3.8, 4) is 0 Å². The summed E-state index contributed by atoms with van der Waals surface area (Å²) in [6.45, 7) is 6.79. The maximum absolute atomic E-state index is 5.41. The largest absolute Gasteiger partial charge is 0.381 e. The molecule has 0 aliphatic carbocycles.